The van der Waals surface area contributed by atoms with Crippen molar-refractivity contribution in [1.82, 2.24) is 0 Å². The molecule has 2 aromatic rings. The van der Waals surface area contributed by atoms with Gasteiger partial charge in [-0.05, 0) is 0 Å². The van der Waals surface area contributed by atoms with Gasteiger partial charge in [0.25, 0.3) is 11.6 Å². The van der Waals surface area contributed by atoms with Crippen LogP contribution in [0.4, 0.5) is 0 Å². The molecule has 0 heterocycles. The summed E-state index contributed by atoms with van der Waals surface area (Å²) >= 11 is 0. The summed E-state index contributed by atoms with van der Waals surface area (Å²) in [6.07, 6.45) is 0. The van der Waals surface area contributed by atoms with E-state index in [0.29, 0.717) is 0 Å². The second-order valence-electron chi connectivity index (χ2n) is 4.20. The van der Waals surface area contributed by atoms with Crippen LogP contribution in [0, 0.1) is 0 Å². The van der Waals surface area contributed by atoms with E-state index in [9.17, 15) is 10.2 Å². The summed E-state index contributed by atoms with van der Waals surface area (Å²) in [6, 6.07) is 15.1. The molecule has 2 aromatic carbocycles. The Hall–Kier alpha value is -1.80. The molecule has 6 nitrogen and oxygen atoms in total. The molecule has 0 radical (unpaired) electrons. The highest BCUT2D eigenvalue weighted by atomic mass is 17.2. The van der Waals surface area contributed by atoms with E-state index in [2.05, 4.69) is 9.78 Å². The van der Waals surface area contributed by atoms with E-state index in [4.69, 9.17) is 10.5 Å². The van der Waals surface area contributed by atoms with E-state index in [0.717, 1.165) is 0 Å². The molecular formula is C14H14O6. The van der Waals surface area contributed by atoms with Crippen molar-refractivity contribution < 1.29 is 30.5 Å². The molecule has 4 N–H and O–H groups in total. The predicted octanol–water partition coefficient (Wildman–Crippen LogP) is 1.66. The molecule has 0 bridgehead atoms. The SMILES string of the molecule is OOC(O)(c1ccccc1)C(O)(OO)c1ccccc1. The first kappa shape index (κ1) is 14.6. The van der Waals surface area contributed by atoms with Gasteiger partial charge < -0.3 is 10.2 Å². The Morgan fingerprint density at radius 3 is 1.15 bits per heavy atom. The fourth-order valence-corrected chi connectivity index (χ4v) is 1.95. The van der Waals surface area contributed by atoms with E-state index in [1.54, 1.807) is 36.4 Å². The quantitative estimate of drug-likeness (QED) is 0.377. The smallest absolute Gasteiger partial charge is 0.286 e. The van der Waals surface area contributed by atoms with Crippen LogP contribution in [0.15, 0.2) is 60.7 Å². The third kappa shape index (κ3) is 2.20. The summed E-state index contributed by atoms with van der Waals surface area (Å²) in [5.74, 6) is -5.44. The zero-order chi connectivity index (χ0) is 14.6. The predicted molar refractivity (Wildman–Crippen MR) is 68.1 cm³/mol. The topological polar surface area (TPSA) is 99.4 Å². The van der Waals surface area contributed by atoms with Gasteiger partial charge in [-0.1, -0.05) is 60.7 Å². The Kier molecular flexibility index (Phi) is 4.15. The monoisotopic (exact) mass is 278 g/mol. The maximum absolute atomic E-state index is 10.5. The van der Waals surface area contributed by atoms with E-state index >= 15 is 0 Å². The van der Waals surface area contributed by atoms with Crippen molar-refractivity contribution in [3.8, 4) is 0 Å². The number of aliphatic hydroxyl groups is 2. The summed E-state index contributed by atoms with van der Waals surface area (Å²) in [6.45, 7) is 0. The van der Waals surface area contributed by atoms with Crippen molar-refractivity contribution in [3.63, 3.8) is 0 Å². The second kappa shape index (κ2) is 5.68. The van der Waals surface area contributed by atoms with Gasteiger partial charge in [0.05, 0.1) is 0 Å². The van der Waals surface area contributed by atoms with Crippen LogP contribution in [0.5, 0.6) is 0 Å². The van der Waals surface area contributed by atoms with Gasteiger partial charge in [-0.25, -0.2) is 10.5 Å². The summed E-state index contributed by atoms with van der Waals surface area (Å²) in [5, 5.41) is 39.0. The third-order valence-electron chi connectivity index (χ3n) is 3.05. The summed E-state index contributed by atoms with van der Waals surface area (Å²) in [5.41, 5.74) is -0.0224. The van der Waals surface area contributed by atoms with Crippen molar-refractivity contribution >= 4 is 0 Å². The first-order chi connectivity index (χ1) is 9.58. The molecule has 2 unspecified atom stereocenters. The lowest BCUT2D eigenvalue weighted by molar-refractivity contribution is -0.542. The minimum atomic E-state index is -2.72. The maximum atomic E-state index is 10.5. The Morgan fingerprint density at radius 2 is 0.900 bits per heavy atom. The summed E-state index contributed by atoms with van der Waals surface area (Å²) in [7, 11) is 0. The van der Waals surface area contributed by atoms with Crippen molar-refractivity contribution in [2.24, 2.45) is 0 Å². The molecule has 0 aromatic heterocycles. The molecule has 0 aliphatic heterocycles. The number of hydrogen-bond acceptors (Lipinski definition) is 6. The van der Waals surface area contributed by atoms with Crippen LogP contribution in [0.2, 0.25) is 0 Å². The minimum absolute atomic E-state index is 0.0112. The second-order valence-corrected chi connectivity index (χ2v) is 4.20. The van der Waals surface area contributed by atoms with Gasteiger partial charge in [0, 0.05) is 11.1 Å². The Balaban J connectivity index is 2.58. The molecular weight excluding hydrogens is 264 g/mol. The molecule has 0 aliphatic rings. The van der Waals surface area contributed by atoms with E-state index in [1.165, 1.54) is 24.3 Å². The van der Waals surface area contributed by atoms with Crippen molar-refractivity contribution in [2.45, 2.75) is 11.6 Å². The lowest BCUT2D eigenvalue weighted by atomic mass is 9.91. The number of benzene rings is 2. The average molecular weight is 278 g/mol. The molecule has 0 amide bonds. The van der Waals surface area contributed by atoms with Crippen molar-refractivity contribution in [3.05, 3.63) is 71.8 Å². The average Bonchev–Trinajstić information content (AvgIpc) is 2.54. The van der Waals surface area contributed by atoms with Gasteiger partial charge in [-0.2, -0.15) is 9.78 Å². The minimum Gasteiger partial charge on any atom is -0.355 e. The number of hydrogen-bond donors (Lipinski definition) is 4. The largest absolute Gasteiger partial charge is 0.355 e. The Labute approximate surface area is 114 Å². The van der Waals surface area contributed by atoms with Crippen LogP contribution in [0.3, 0.4) is 0 Å². The van der Waals surface area contributed by atoms with Crippen molar-refractivity contribution in [1.29, 1.82) is 0 Å². The van der Waals surface area contributed by atoms with Crippen LogP contribution >= 0.6 is 0 Å². The zero-order valence-electron chi connectivity index (χ0n) is 10.4. The molecule has 2 rings (SSSR count). The van der Waals surface area contributed by atoms with Gasteiger partial charge in [0.1, 0.15) is 0 Å². The molecule has 0 aliphatic carbocycles. The highest BCUT2D eigenvalue weighted by Gasteiger charge is 2.57. The van der Waals surface area contributed by atoms with Crippen molar-refractivity contribution in [2.75, 3.05) is 0 Å². The van der Waals surface area contributed by atoms with E-state index in [-0.39, 0.29) is 11.1 Å². The van der Waals surface area contributed by atoms with Crippen LogP contribution in [0.25, 0.3) is 0 Å². The Morgan fingerprint density at radius 1 is 0.600 bits per heavy atom. The highest BCUT2D eigenvalue weighted by molar-refractivity contribution is 5.29. The third-order valence-corrected chi connectivity index (χ3v) is 3.05. The molecule has 2 atom stereocenters. The van der Waals surface area contributed by atoms with Gasteiger partial charge in [-0.15, -0.1) is 0 Å². The van der Waals surface area contributed by atoms with E-state index in [1.807, 2.05) is 0 Å². The normalized spacial score (nSPS) is 17.2. The first-order valence-corrected chi connectivity index (χ1v) is 5.79. The molecule has 0 saturated heterocycles. The van der Waals surface area contributed by atoms with Gasteiger partial charge in [0.15, 0.2) is 0 Å². The number of rotatable bonds is 5. The lowest BCUT2D eigenvalue weighted by Gasteiger charge is -2.38. The van der Waals surface area contributed by atoms with Crippen LogP contribution in [-0.2, 0) is 21.3 Å². The fourth-order valence-electron chi connectivity index (χ4n) is 1.95. The summed E-state index contributed by atoms with van der Waals surface area (Å²) < 4.78 is 0. The molecule has 0 fully saturated rings. The van der Waals surface area contributed by atoms with Crippen LogP contribution in [-0.4, -0.2) is 20.7 Å². The van der Waals surface area contributed by atoms with Gasteiger partial charge in [0.2, 0.25) is 0 Å². The molecule has 20 heavy (non-hydrogen) atoms. The van der Waals surface area contributed by atoms with E-state index < -0.39 is 11.6 Å². The zero-order valence-corrected chi connectivity index (χ0v) is 10.4. The standard InChI is InChI=1S/C14H14O6/c15-13(19-17,11-7-3-1-4-8-11)14(16,20-18)12-9-5-2-6-10-12/h1-10,15-18H. The van der Waals surface area contributed by atoms with Crippen LogP contribution < -0.4 is 0 Å². The van der Waals surface area contributed by atoms with Gasteiger partial charge >= 0.3 is 0 Å². The van der Waals surface area contributed by atoms with Gasteiger partial charge in [-0.3, -0.25) is 0 Å². The lowest BCUT2D eigenvalue weighted by Crippen LogP contribution is -2.52. The fraction of sp³-hybridized carbons (Fsp3) is 0.143. The molecule has 6 heteroatoms. The maximum Gasteiger partial charge on any atom is 0.286 e. The van der Waals surface area contributed by atoms with Crippen LogP contribution in [0.1, 0.15) is 11.1 Å². The molecule has 0 saturated carbocycles. The summed E-state index contributed by atoms with van der Waals surface area (Å²) in [4.78, 5) is 8.11. The molecule has 0 spiro atoms. The molecule has 106 valence electrons. The highest BCUT2D eigenvalue weighted by Crippen LogP contribution is 2.41. The Bertz CT molecular complexity index is 495. The first-order valence-electron chi connectivity index (χ1n) is 5.79.